The monoisotopic (exact) mass is 472 g/mol. The second-order valence-electron chi connectivity index (χ2n) is 8.40. The van der Waals surface area contributed by atoms with E-state index < -0.39 is 14.9 Å². The molecule has 2 aliphatic heterocycles. The van der Waals surface area contributed by atoms with Gasteiger partial charge in [0.25, 0.3) is 11.6 Å². The van der Waals surface area contributed by atoms with Crippen molar-refractivity contribution in [3.63, 3.8) is 0 Å². The van der Waals surface area contributed by atoms with Crippen molar-refractivity contribution in [2.75, 3.05) is 44.2 Å². The zero-order valence-corrected chi connectivity index (χ0v) is 19.2. The van der Waals surface area contributed by atoms with E-state index in [0.717, 1.165) is 31.4 Å². The highest BCUT2D eigenvalue weighted by atomic mass is 32.2. The van der Waals surface area contributed by atoms with Crippen LogP contribution in [0.4, 0.5) is 11.4 Å². The third-order valence-electron chi connectivity index (χ3n) is 6.28. The van der Waals surface area contributed by atoms with Crippen molar-refractivity contribution in [3.8, 4) is 0 Å². The van der Waals surface area contributed by atoms with Gasteiger partial charge in [0, 0.05) is 62.7 Å². The second kappa shape index (κ2) is 9.88. The molecule has 2 saturated heterocycles. The van der Waals surface area contributed by atoms with Gasteiger partial charge < -0.3 is 9.80 Å². The molecule has 0 bridgehead atoms. The smallest absolute Gasteiger partial charge is 0.269 e. The molecule has 2 heterocycles. The molecule has 2 fully saturated rings. The third kappa shape index (κ3) is 5.17. The molecular formula is C23H28N4O5S. The van der Waals surface area contributed by atoms with Gasteiger partial charge in [-0.1, -0.05) is 18.9 Å². The van der Waals surface area contributed by atoms with Crippen molar-refractivity contribution in [3.05, 3.63) is 64.2 Å². The van der Waals surface area contributed by atoms with E-state index in [4.69, 9.17) is 0 Å². The van der Waals surface area contributed by atoms with Crippen molar-refractivity contribution in [2.24, 2.45) is 0 Å². The van der Waals surface area contributed by atoms with Gasteiger partial charge in [0.15, 0.2) is 0 Å². The van der Waals surface area contributed by atoms with Crippen LogP contribution in [-0.2, 0) is 10.0 Å². The Morgan fingerprint density at radius 1 is 0.848 bits per heavy atom. The van der Waals surface area contributed by atoms with E-state index in [0.29, 0.717) is 44.8 Å². The van der Waals surface area contributed by atoms with Gasteiger partial charge in [-0.25, -0.2) is 8.42 Å². The maximum atomic E-state index is 13.1. The minimum atomic E-state index is -3.62. The molecule has 0 unspecified atom stereocenters. The molecule has 0 N–H and O–H groups in total. The van der Waals surface area contributed by atoms with Crippen LogP contribution in [0.1, 0.15) is 36.0 Å². The second-order valence-corrected chi connectivity index (χ2v) is 10.3. The van der Waals surface area contributed by atoms with Gasteiger partial charge in [-0.05, 0) is 43.2 Å². The first-order valence-corrected chi connectivity index (χ1v) is 12.7. The molecule has 0 aliphatic carbocycles. The van der Waals surface area contributed by atoms with Gasteiger partial charge in [-0.2, -0.15) is 4.31 Å². The largest absolute Gasteiger partial charge is 0.368 e. The van der Waals surface area contributed by atoms with E-state index in [-0.39, 0.29) is 16.5 Å². The number of hydrogen-bond donors (Lipinski definition) is 0. The van der Waals surface area contributed by atoms with Crippen molar-refractivity contribution in [2.45, 2.75) is 30.6 Å². The maximum absolute atomic E-state index is 13.1. The maximum Gasteiger partial charge on any atom is 0.269 e. The predicted octanol–water partition coefficient (Wildman–Crippen LogP) is 3.12. The molecule has 4 rings (SSSR count). The summed E-state index contributed by atoms with van der Waals surface area (Å²) in [5.41, 5.74) is 1.29. The summed E-state index contributed by atoms with van der Waals surface area (Å²) in [6.45, 7) is 3.19. The molecule has 9 nitrogen and oxygen atoms in total. The van der Waals surface area contributed by atoms with E-state index in [9.17, 15) is 23.3 Å². The van der Waals surface area contributed by atoms with Crippen LogP contribution in [0.3, 0.4) is 0 Å². The number of non-ortho nitro benzene ring substituents is 1. The topological polar surface area (TPSA) is 104 Å². The number of piperazine rings is 1. The lowest BCUT2D eigenvalue weighted by atomic mass is 10.1. The number of nitrogens with zero attached hydrogens (tertiary/aromatic N) is 4. The number of benzene rings is 2. The van der Waals surface area contributed by atoms with Gasteiger partial charge in [-0.3, -0.25) is 14.9 Å². The molecule has 0 spiro atoms. The number of rotatable bonds is 5. The summed E-state index contributed by atoms with van der Waals surface area (Å²) < 4.78 is 27.8. The first-order chi connectivity index (χ1) is 15.9. The fraction of sp³-hybridized carbons (Fsp3) is 0.435. The van der Waals surface area contributed by atoms with Crippen LogP contribution in [-0.4, -0.2) is 67.7 Å². The summed E-state index contributed by atoms with van der Waals surface area (Å²) in [6, 6.07) is 12.7. The Kier molecular flexibility index (Phi) is 6.94. The lowest BCUT2D eigenvalue weighted by molar-refractivity contribution is -0.384. The normalized spacial score (nSPS) is 18.1. The average Bonchev–Trinajstić information content (AvgIpc) is 3.14. The van der Waals surface area contributed by atoms with Crippen molar-refractivity contribution in [1.29, 1.82) is 0 Å². The van der Waals surface area contributed by atoms with Crippen LogP contribution in [0.2, 0.25) is 0 Å². The Morgan fingerprint density at radius 2 is 1.48 bits per heavy atom. The number of sulfonamides is 1. The van der Waals surface area contributed by atoms with Crippen LogP contribution >= 0.6 is 0 Å². The predicted molar refractivity (Wildman–Crippen MR) is 125 cm³/mol. The molecule has 1 amide bonds. The fourth-order valence-corrected chi connectivity index (χ4v) is 5.92. The summed E-state index contributed by atoms with van der Waals surface area (Å²) in [5.74, 6) is -0.189. The SMILES string of the molecule is O=C(c1cccc(S(=O)(=O)N2CCCCCC2)c1)N1CCN(c2ccc([N+](=O)[O-])cc2)CC1. The van der Waals surface area contributed by atoms with Crippen LogP contribution in [0.25, 0.3) is 0 Å². The highest BCUT2D eigenvalue weighted by Crippen LogP contribution is 2.23. The summed E-state index contributed by atoms with van der Waals surface area (Å²) in [6.07, 6.45) is 3.79. The molecule has 10 heteroatoms. The molecule has 2 aliphatic rings. The molecule has 2 aromatic rings. The molecule has 33 heavy (non-hydrogen) atoms. The number of nitro benzene ring substituents is 1. The zero-order chi connectivity index (χ0) is 23.4. The number of carbonyl (C=O) groups excluding carboxylic acids is 1. The lowest BCUT2D eigenvalue weighted by Gasteiger charge is -2.36. The van der Waals surface area contributed by atoms with E-state index in [1.165, 1.54) is 22.5 Å². The molecule has 0 aromatic heterocycles. The van der Waals surface area contributed by atoms with Crippen LogP contribution in [0, 0.1) is 10.1 Å². The van der Waals surface area contributed by atoms with Crippen molar-refractivity contribution < 1.29 is 18.1 Å². The summed E-state index contributed by atoms with van der Waals surface area (Å²) in [7, 11) is -3.62. The van der Waals surface area contributed by atoms with Crippen molar-refractivity contribution in [1.82, 2.24) is 9.21 Å². The van der Waals surface area contributed by atoms with Crippen LogP contribution in [0.5, 0.6) is 0 Å². The number of anilines is 1. The molecule has 0 saturated carbocycles. The Balaban J connectivity index is 1.42. The molecule has 2 aromatic carbocycles. The van der Waals surface area contributed by atoms with Crippen LogP contribution < -0.4 is 4.90 Å². The number of carbonyl (C=O) groups is 1. The quantitative estimate of drug-likeness (QED) is 0.489. The number of nitro groups is 1. The van der Waals surface area contributed by atoms with Crippen molar-refractivity contribution >= 4 is 27.3 Å². The van der Waals surface area contributed by atoms with Gasteiger partial charge in [-0.15, -0.1) is 0 Å². The minimum Gasteiger partial charge on any atom is -0.368 e. The minimum absolute atomic E-state index is 0.0440. The Hall–Kier alpha value is -2.98. The number of amides is 1. The van der Waals surface area contributed by atoms with E-state index in [1.54, 1.807) is 35.2 Å². The van der Waals surface area contributed by atoms with Gasteiger partial charge in [0.05, 0.1) is 9.82 Å². The molecule has 0 radical (unpaired) electrons. The summed E-state index contributed by atoms with van der Waals surface area (Å²) in [5, 5.41) is 10.8. The Labute approximate surface area is 193 Å². The highest BCUT2D eigenvalue weighted by Gasteiger charge is 2.27. The van der Waals surface area contributed by atoms with Crippen LogP contribution in [0.15, 0.2) is 53.4 Å². The van der Waals surface area contributed by atoms with Gasteiger partial charge >= 0.3 is 0 Å². The van der Waals surface area contributed by atoms with E-state index in [2.05, 4.69) is 4.90 Å². The third-order valence-corrected chi connectivity index (χ3v) is 8.17. The lowest BCUT2D eigenvalue weighted by Crippen LogP contribution is -2.48. The summed E-state index contributed by atoms with van der Waals surface area (Å²) in [4.78, 5) is 27.5. The first-order valence-electron chi connectivity index (χ1n) is 11.3. The Bertz CT molecular complexity index is 1100. The van der Waals surface area contributed by atoms with Gasteiger partial charge in [0.2, 0.25) is 10.0 Å². The zero-order valence-electron chi connectivity index (χ0n) is 18.4. The molecule has 0 atom stereocenters. The van der Waals surface area contributed by atoms with E-state index in [1.807, 2.05) is 0 Å². The first kappa shape index (κ1) is 23.2. The average molecular weight is 473 g/mol. The molecule has 176 valence electrons. The Morgan fingerprint density at radius 3 is 2.09 bits per heavy atom. The standard InChI is InChI=1S/C23H28N4O5S/c28-23(25-16-14-24(15-17-25)20-8-10-21(11-9-20)27(29)30)19-6-5-7-22(18-19)33(31,32)26-12-3-1-2-4-13-26/h5-11,18H,1-4,12-17H2. The highest BCUT2D eigenvalue weighted by molar-refractivity contribution is 7.89. The summed E-state index contributed by atoms with van der Waals surface area (Å²) >= 11 is 0. The van der Waals surface area contributed by atoms with E-state index >= 15 is 0 Å². The fourth-order valence-electron chi connectivity index (χ4n) is 4.36. The molecular weight excluding hydrogens is 444 g/mol. The number of hydrogen-bond acceptors (Lipinski definition) is 6. The van der Waals surface area contributed by atoms with Gasteiger partial charge in [0.1, 0.15) is 0 Å².